The summed E-state index contributed by atoms with van der Waals surface area (Å²) in [6.45, 7) is 0. The first kappa shape index (κ1) is 8.67. The molecule has 0 unspecified atom stereocenters. The minimum absolute atomic E-state index is 0.424. The van der Waals surface area contributed by atoms with Crippen molar-refractivity contribution in [2.75, 3.05) is 5.73 Å². The lowest BCUT2D eigenvalue weighted by Gasteiger charge is -2.03. The average molecular weight is 262 g/mol. The Balaban J connectivity index is 2.60. The molecule has 0 amide bonds. The van der Waals surface area contributed by atoms with Crippen molar-refractivity contribution in [2.24, 2.45) is 0 Å². The fourth-order valence-corrected chi connectivity index (χ4v) is 2.00. The van der Waals surface area contributed by atoms with E-state index in [9.17, 15) is 0 Å². The molecule has 3 rings (SSSR count). The fraction of sp³-hybridized carbons (Fsp3) is 0. The summed E-state index contributed by atoms with van der Waals surface area (Å²) in [6.07, 6.45) is 1.71. The van der Waals surface area contributed by atoms with Crippen LogP contribution in [0.25, 0.3) is 21.8 Å². The van der Waals surface area contributed by atoms with Gasteiger partial charge in [-0.25, -0.2) is 4.98 Å². The van der Waals surface area contributed by atoms with E-state index in [2.05, 4.69) is 31.1 Å². The molecule has 0 saturated heterocycles. The van der Waals surface area contributed by atoms with Gasteiger partial charge in [-0.15, -0.1) is 0 Å². The molecular weight excluding hydrogens is 256 g/mol. The molecule has 0 aliphatic carbocycles. The number of benzene rings is 1. The highest BCUT2D eigenvalue weighted by atomic mass is 79.9. The van der Waals surface area contributed by atoms with Crippen LogP contribution in [0.2, 0.25) is 0 Å². The number of anilines is 1. The van der Waals surface area contributed by atoms with Gasteiger partial charge < -0.3 is 15.9 Å². The van der Waals surface area contributed by atoms with E-state index < -0.39 is 0 Å². The molecule has 2 heterocycles. The molecule has 0 fully saturated rings. The summed E-state index contributed by atoms with van der Waals surface area (Å²) in [7, 11) is 0. The first-order valence-electron chi connectivity index (χ1n) is 4.38. The normalized spacial score (nSPS) is 11.3. The number of nitrogen functional groups attached to an aromatic ring is 1. The summed E-state index contributed by atoms with van der Waals surface area (Å²) in [5.74, 6) is 0.424. The Kier molecular flexibility index (Phi) is 1.70. The zero-order valence-electron chi connectivity index (χ0n) is 7.61. The van der Waals surface area contributed by atoms with E-state index in [0.717, 1.165) is 20.8 Å². The van der Waals surface area contributed by atoms with Crippen LogP contribution in [0.3, 0.4) is 0 Å². The molecule has 0 bridgehead atoms. The number of halogens is 1. The standard InChI is InChI=1S/C10H6BrN4/c11-5-1-2-6-7-4-13-15-9(7)10(12)14-8(6)3-5/h1-4H,(H2-,12,13,14,15)/q-1. The molecule has 0 spiro atoms. The second-order valence-electron chi connectivity index (χ2n) is 3.27. The molecule has 0 radical (unpaired) electrons. The number of aromatic nitrogens is 3. The van der Waals surface area contributed by atoms with Crippen LogP contribution < -0.4 is 10.8 Å². The van der Waals surface area contributed by atoms with Gasteiger partial charge in [-0.05, 0) is 17.5 Å². The Labute approximate surface area is 93.6 Å². The van der Waals surface area contributed by atoms with Crippen LogP contribution in [0.1, 0.15) is 0 Å². The van der Waals surface area contributed by atoms with Gasteiger partial charge >= 0.3 is 0 Å². The molecule has 15 heavy (non-hydrogen) atoms. The summed E-state index contributed by atoms with van der Waals surface area (Å²) in [6, 6.07) is 5.88. The van der Waals surface area contributed by atoms with E-state index >= 15 is 0 Å². The molecule has 4 nitrogen and oxygen atoms in total. The number of hydrogen-bond donors (Lipinski definition) is 1. The van der Waals surface area contributed by atoms with Gasteiger partial charge in [-0.3, -0.25) is 0 Å². The molecular formula is C10H6BrN4-. The summed E-state index contributed by atoms with van der Waals surface area (Å²) in [5, 5.41) is 9.76. The lowest BCUT2D eigenvalue weighted by atomic mass is 10.1. The molecule has 0 aliphatic rings. The third-order valence-corrected chi connectivity index (χ3v) is 2.83. The molecule has 74 valence electrons. The van der Waals surface area contributed by atoms with Crippen molar-refractivity contribution in [3.63, 3.8) is 0 Å². The van der Waals surface area contributed by atoms with Crippen LogP contribution in [-0.2, 0) is 0 Å². The summed E-state index contributed by atoms with van der Waals surface area (Å²) >= 11 is 3.40. The number of hydrogen-bond acceptors (Lipinski definition) is 3. The van der Waals surface area contributed by atoms with Crippen LogP contribution in [0.15, 0.2) is 28.9 Å². The van der Waals surface area contributed by atoms with Crippen LogP contribution in [0, 0.1) is 0 Å². The van der Waals surface area contributed by atoms with E-state index in [1.807, 2.05) is 18.2 Å². The molecule has 2 N–H and O–H groups in total. The minimum Gasteiger partial charge on any atom is -0.581 e. The molecule has 2 aromatic heterocycles. The van der Waals surface area contributed by atoms with Gasteiger partial charge in [0.2, 0.25) is 0 Å². The maximum absolute atomic E-state index is 5.79. The molecule has 0 aliphatic heterocycles. The Morgan fingerprint density at radius 2 is 2.13 bits per heavy atom. The lowest BCUT2D eigenvalue weighted by molar-refractivity contribution is 1.08. The van der Waals surface area contributed by atoms with Crippen molar-refractivity contribution in [1.29, 1.82) is 0 Å². The molecule has 1 aromatic carbocycles. The van der Waals surface area contributed by atoms with E-state index in [4.69, 9.17) is 5.73 Å². The smallest absolute Gasteiger partial charge is 0.148 e. The van der Waals surface area contributed by atoms with Gasteiger partial charge in [0.05, 0.1) is 11.0 Å². The molecule has 3 aromatic rings. The van der Waals surface area contributed by atoms with Crippen molar-refractivity contribution in [1.82, 2.24) is 15.2 Å². The third-order valence-electron chi connectivity index (χ3n) is 2.33. The Morgan fingerprint density at radius 3 is 3.00 bits per heavy atom. The van der Waals surface area contributed by atoms with Crippen LogP contribution >= 0.6 is 15.9 Å². The van der Waals surface area contributed by atoms with Crippen molar-refractivity contribution < 1.29 is 0 Å². The van der Waals surface area contributed by atoms with Gasteiger partial charge in [0, 0.05) is 9.86 Å². The minimum atomic E-state index is 0.424. The van der Waals surface area contributed by atoms with E-state index in [-0.39, 0.29) is 0 Å². The van der Waals surface area contributed by atoms with Gasteiger partial charge in [0.25, 0.3) is 0 Å². The first-order valence-corrected chi connectivity index (χ1v) is 5.18. The van der Waals surface area contributed by atoms with E-state index in [1.165, 1.54) is 0 Å². The Bertz CT molecular complexity index is 659. The zero-order valence-corrected chi connectivity index (χ0v) is 9.19. The largest absolute Gasteiger partial charge is 0.581 e. The maximum atomic E-state index is 5.79. The number of nitrogens with two attached hydrogens (primary N) is 1. The molecule has 0 atom stereocenters. The van der Waals surface area contributed by atoms with Crippen LogP contribution in [0.4, 0.5) is 5.82 Å². The second-order valence-corrected chi connectivity index (χ2v) is 4.18. The van der Waals surface area contributed by atoms with Gasteiger partial charge in [0.15, 0.2) is 0 Å². The second kappa shape index (κ2) is 2.93. The van der Waals surface area contributed by atoms with Crippen LogP contribution in [-0.4, -0.2) is 10.1 Å². The van der Waals surface area contributed by atoms with E-state index in [0.29, 0.717) is 11.3 Å². The van der Waals surface area contributed by atoms with Gasteiger partial charge in [0.1, 0.15) is 5.82 Å². The predicted octanol–water partition coefficient (Wildman–Crippen LogP) is 2.08. The SMILES string of the molecule is Nc1nc2cc(Br)ccc2c2c[n-]nc12. The van der Waals surface area contributed by atoms with E-state index in [1.54, 1.807) is 6.20 Å². The average Bonchev–Trinajstić information content (AvgIpc) is 2.66. The van der Waals surface area contributed by atoms with Crippen LogP contribution in [0.5, 0.6) is 0 Å². The highest BCUT2D eigenvalue weighted by Gasteiger charge is 2.04. The number of pyridine rings is 1. The predicted molar refractivity (Wildman–Crippen MR) is 62.5 cm³/mol. The Morgan fingerprint density at radius 1 is 1.27 bits per heavy atom. The molecule has 0 saturated carbocycles. The van der Waals surface area contributed by atoms with Crippen molar-refractivity contribution >= 4 is 43.6 Å². The lowest BCUT2D eigenvalue weighted by Crippen LogP contribution is -1.92. The first-order chi connectivity index (χ1) is 7.25. The van der Waals surface area contributed by atoms with Crippen molar-refractivity contribution in [3.05, 3.63) is 28.9 Å². The summed E-state index contributed by atoms with van der Waals surface area (Å²) < 4.78 is 0.980. The third kappa shape index (κ3) is 1.20. The van der Waals surface area contributed by atoms with Crippen molar-refractivity contribution in [2.45, 2.75) is 0 Å². The zero-order chi connectivity index (χ0) is 10.4. The van der Waals surface area contributed by atoms with Crippen molar-refractivity contribution in [3.8, 4) is 0 Å². The fourth-order valence-electron chi connectivity index (χ4n) is 1.65. The number of rotatable bonds is 0. The topological polar surface area (TPSA) is 65.9 Å². The highest BCUT2D eigenvalue weighted by Crippen LogP contribution is 2.27. The van der Waals surface area contributed by atoms with Gasteiger partial charge in [-0.2, -0.15) is 6.20 Å². The quantitative estimate of drug-likeness (QED) is 0.673. The molecule has 5 heteroatoms. The maximum Gasteiger partial charge on any atom is 0.148 e. The summed E-state index contributed by atoms with van der Waals surface area (Å²) in [5.41, 5.74) is 7.31. The highest BCUT2D eigenvalue weighted by molar-refractivity contribution is 9.10. The number of nitrogens with zero attached hydrogens (tertiary/aromatic N) is 3. The monoisotopic (exact) mass is 261 g/mol. The Hall–Kier alpha value is -1.62. The van der Waals surface area contributed by atoms with Gasteiger partial charge in [-0.1, -0.05) is 22.0 Å². The summed E-state index contributed by atoms with van der Waals surface area (Å²) in [4.78, 5) is 4.28. The number of fused-ring (bicyclic) bond motifs is 3.